The zero-order chi connectivity index (χ0) is 11.7. The predicted octanol–water partition coefficient (Wildman–Crippen LogP) is 4.64. The van der Waals surface area contributed by atoms with Gasteiger partial charge in [0.2, 0.25) is 0 Å². The average molecular weight is 364 g/mol. The van der Waals surface area contributed by atoms with Crippen LogP contribution in [-0.4, -0.2) is 5.78 Å². The molecule has 0 bridgehead atoms. The van der Waals surface area contributed by atoms with Crippen molar-refractivity contribution in [3.63, 3.8) is 0 Å². The average Bonchev–Trinajstić information content (AvgIpc) is 2.67. The van der Waals surface area contributed by atoms with E-state index < -0.39 is 5.82 Å². The summed E-state index contributed by atoms with van der Waals surface area (Å²) < 4.78 is 15.0. The lowest BCUT2D eigenvalue weighted by molar-refractivity contribution is 0.103. The van der Waals surface area contributed by atoms with Crippen LogP contribution in [-0.2, 0) is 0 Å². The number of carbonyl (C=O) groups is 1. The molecule has 0 unspecified atom stereocenters. The van der Waals surface area contributed by atoms with Crippen molar-refractivity contribution < 1.29 is 9.18 Å². The van der Waals surface area contributed by atoms with Crippen LogP contribution in [0.25, 0.3) is 0 Å². The fourth-order valence-corrected chi connectivity index (χ4v) is 2.75. The van der Waals surface area contributed by atoms with Gasteiger partial charge in [-0.25, -0.2) is 4.39 Å². The molecule has 0 aliphatic heterocycles. The standard InChI is InChI=1S/C11H5Br2FOS/c12-7-1-2-9(14)8(4-7)11(15)6-3-10(13)16-5-6/h1-5H. The second-order valence-electron chi connectivity index (χ2n) is 3.09. The maximum absolute atomic E-state index is 13.5. The van der Waals surface area contributed by atoms with Gasteiger partial charge in [0, 0.05) is 15.4 Å². The monoisotopic (exact) mass is 362 g/mol. The number of thiophene rings is 1. The van der Waals surface area contributed by atoms with Gasteiger partial charge in [-0.05, 0) is 40.2 Å². The first-order valence-corrected chi connectivity index (χ1v) is 6.78. The van der Waals surface area contributed by atoms with Gasteiger partial charge in [0.25, 0.3) is 0 Å². The Balaban J connectivity index is 2.45. The number of halogens is 3. The fraction of sp³-hybridized carbons (Fsp3) is 0. The van der Waals surface area contributed by atoms with Crippen LogP contribution in [0.3, 0.4) is 0 Å². The van der Waals surface area contributed by atoms with Crippen LogP contribution in [0.5, 0.6) is 0 Å². The van der Waals surface area contributed by atoms with E-state index in [1.54, 1.807) is 17.5 Å². The molecule has 0 fully saturated rings. The lowest BCUT2D eigenvalue weighted by Gasteiger charge is -2.01. The van der Waals surface area contributed by atoms with E-state index in [2.05, 4.69) is 31.9 Å². The Bertz CT molecular complexity index is 551. The summed E-state index contributed by atoms with van der Waals surface area (Å²) in [6.07, 6.45) is 0. The maximum atomic E-state index is 13.5. The van der Waals surface area contributed by atoms with E-state index in [9.17, 15) is 9.18 Å². The van der Waals surface area contributed by atoms with E-state index >= 15 is 0 Å². The SMILES string of the molecule is O=C(c1csc(Br)c1)c1cc(Br)ccc1F. The van der Waals surface area contributed by atoms with E-state index in [0.29, 0.717) is 10.0 Å². The normalized spacial score (nSPS) is 10.4. The zero-order valence-electron chi connectivity index (χ0n) is 7.84. The highest BCUT2D eigenvalue weighted by Crippen LogP contribution is 2.24. The first kappa shape index (κ1) is 12.0. The number of ketones is 1. The second kappa shape index (κ2) is 4.77. The van der Waals surface area contributed by atoms with Crippen molar-refractivity contribution in [1.29, 1.82) is 0 Å². The van der Waals surface area contributed by atoms with Crippen molar-refractivity contribution >= 4 is 49.0 Å². The molecule has 0 aliphatic rings. The highest BCUT2D eigenvalue weighted by Gasteiger charge is 2.15. The molecule has 1 nitrogen and oxygen atoms in total. The summed E-state index contributed by atoms with van der Waals surface area (Å²) in [5, 5.41) is 1.70. The molecule has 2 rings (SSSR count). The van der Waals surface area contributed by atoms with Crippen LogP contribution >= 0.6 is 43.2 Å². The molecule has 0 atom stereocenters. The Hall–Kier alpha value is -0.520. The quantitative estimate of drug-likeness (QED) is 0.710. The Morgan fingerprint density at radius 3 is 2.62 bits per heavy atom. The lowest BCUT2D eigenvalue weighted by Crippen LogP contribution is -2.02. The van der Waals surface area contributed by atoms with Crippen LogP contribution < -0.4 is 0 Å². The number of benzene rings is 1. The summed E-state index contributed by atoms with van der Waals surface area (Å²) in [6, 6.07) is 6.02. The molecule has 82 valence electrons. The van der Waals surface area contributed by atoms with E-state index in [0.717, 1.165) is 3.79 Å². The minimum Gasteiger partial charge on any atom is -0.288 e. The van der Waals surface area contributed by atoms with Crippen molar-refractivity contribution in [2.24, 2.45) is 0 Å². The topological polar surface area (TPSA) is 17.1 Å². The highest BCUT2D eigenvalue weighted by atomic mass is 79.9. The third kappa shape index (κ3) is 2.42. The van der Waals surface area contributed by atoms with Gasteiger partial charge in [-0.3, -0.25) is 4.79 Å². The van der Waals surface area contributed by atoms with E-state index in [-0.39, 0.29) is 11.3 Å². The van der Waals surface area contributed by atoms with Gasteiger partial charge in [-0.15, -0.1) is 11.3 Å². The minimum atomic E-state index is -0.504. The Morgan fingerprint density at radius 2 is 2.00 bits per heavy atom. The second-order valence-corrected chi connectivity index (χ2v) is 6.30. The Labute approximate surface area is 113 Å². The van der Waals surface area contributed by atoms with Crippen molar-refractivity contribution in [2.45, 2.75) is 0 Å². The van der Waals surface area contributed by atoms with Gasteiger partial charge in [-0.2, -0.15) is 0 Å². The molecule has 16 heavy (non-hydrogen) atoms. The molecule has 1 aromatic carbocycles. The van der Waals surface area contributed by atoms with Crippen molar-refractivity contribution in [3.05, 3.63) is 54.8 Å². The molecule has 2 aromatic rings. The largest absolute Gasteiger partial charge is 0.288 e. The molecular formula is C11H5Br2FOS. The number of rotatable bonds is 2. The van der Waals surface area contributed by atoms with Crippen LogP contribution in [0.4, 0.5) is 4.39 Å². The molecule has 0 saturated heterocycles. The molecule has 0 radical (unpaired) electrons. The molecule has 0 spiro atoms. The smallest absolute Gasteiger partial charge is 0.196 e. The summed E-state index contributed by atoms with van der Waals surface area (Å²) in [5.74, 6) is -0.809. The molecule has 0 N–H and O–H groups in total. The van der Waals surface area contributed by atoms with Gasteiger partial charge < -0.3 is 0 Å². The van der Waals surface area contributed by atoms with Gasteiger partial charge in [0.05, 0.1) is 9.35 Å². The van der Waals surface area contributed by atoms with E-state index in [1.165, 1.54) is 23.5 Å². The first-order chi connectivity index (χ1) is 7.58. The number of hydrogen-bond donors (Lipinski definition) is 0. The van der Waals surface area contributed by atoms with E-state index in [1.807, 2.05) is 0 Å². The van der Waals surface area contributed by atoms with Crippen molar-refractivity contribution in [2.75, 3.05) is 0 Å². The predicted molar refractivity (Wildman–Crippen MR) is 69.6 cm³/mol. The highest BCUT2D eigenvalue weighted by molar-refractivity contribution is 9.11. The molecule has 0 amide bonds. The van der Waals surface area contributed by atoms with Crippen LogP contribution in [0.15, 0.2) is 37.9 Å². The third-order valence-electron chi connectivity index (χ3n) is 2.00. The lowest BCUT2D eigenvalue weighted by atomic mass is 10.1. The summed E-state index contributed by atoms with van der Waals surface area (Å²) in [4.78, 5) is 12.0. The number of carbonyl (C=O) groups excluding carboxylic acids is 1. The van der Waals surface area contributed by atoms with Gasteiger partial charge >= 0.3 is 0 Å². The third-order valence-corrected chi connectivity index (χ3v) is 4.00. The minimum absolute atomic E-state index is 0.0830. The summed E-state index contributed by atoms with van der Waals surface area (Å²) >= 11 is 7.89. The zero-order valence-corrected chi connectivity index (χ0v) is 11.8. The molecule has 0 aliphatic carbocycles. The Kier molecular flexibility index (Phi) is 3.56. The van der Waals surface area contributed by atoms with Crippen LogP contribution in [0.1, 0.15) is 15.9 Å². The van der Waals surface area contributed by atoms with Crippen LogP contribution in [0, 0.1) is 5.82 Å². The van der Waals surface area contributed by atoms with Crippen molar-refractivity contribution in [3.8, 4) is 0 Å². The van der Waals surface area contributed by atoms with Crippen molar-refractivity contribution in [1.82, 2.24) is 0 Å². The van der Waals surface area contributed by atoms with Gasteiger partial charge in [0.1, 0.15) is 5.82 Å². The molecular weight excluding hydrogens is 359 g/mol. The van der Waals surface area contributed by atoms with Crippen LogP contribution in [0.2, 0.25) is 0 Å². The van der Waals surface area contributed by atoms with E-state index in [4.69, 9.17) is 0 Å². The molecule has 1 heterocycles. The summed E-state index contributed by atoms with van der Waals surface area (Å²) in [5.41, 5.74) is 0.577. The molecule has 1 aromatic heterocycles. The number of hydrogen-bond acceptors (Lipinski definition) is 2. The molecule has 0 saturated carbocycles. The fourth-order valence-electron chi connectivity index (χ4n) is 1.26. The maximum Gasteiger partial charge on any atom is 0.196 e. The Morgan fingerprint density at radius 1 is 1.25 bits per heavy atom. The summed E-state index contributed by atoms with van der Waals surface area (Å²) in [6.45, 7) is 0. The summed E-state index contributed by atoms with van der Waals surface area (Å²) in [7, 11) is 0. The van der Waals surface area contributed by atoms with Gasteiger partial charge in [-0.1, -0.05) is 15.9 Å². The molecule has 5 heteroatoms. The van der Waals surface area contributed by atoms with Gasteiger partial charge in [0.15, 0.2) is 5.78 Å². The first-order valence-electron chi connectivity index (χ1n) is 4.31.